The lowest BCUT2D eigenvalue weighted by Gasteiger charge is -2.07. The Kier molecular flexibility index (Phi) is 4.14. The summed E-state index contributed by atoms with van der Waals surface area (Å²) in [5, 5.41) is 15.3. The van der Waals surface area contributed by atoms with Crippen LogP contribution in [-0.4, -0.2) is 12.8 Å². The van der Waals surface area contributed by atoms with Gasteiger partial charge in [-0.25, -0.2) is 0 Å². The Morgan fingerprint density at radius 3 is 2.24 bits per heavy atom. The third-order valence-corrected chi connectivity index (χ3v) is 5.33. The lowest BCUT2D eigenvalue weighted by atomic mass is 9.98. The molecule has 0 atom stereocenters. The van der Waals surface area contributed by atoms with Gasteiger partial charge in [-0.1, -0.05) is 72.8 Å². The number of benzene rings is 4. The molecule has 1 aromatic heterocycles. The summed E-state index contributed by atoms with van der Waals surface area (Å²) in [7, 11) is 1.86. The summed E-state index contributed by atoms with van der Waals surface area (Å²) in [4.78, 5) is 0. The largest absolute Gasteiger partial charge is 0.452 e. The van der Waals surface area contributed by atoms with Gasteiger partial charge < -0.3 is 9.73 Å². The minimum Gasteiger partial charge on any atom is -0.452 e. The zero-order chi connectivity index (χ0) is 19.8. The van der Waals surface area contributed by atoms with E-state index in [9.17, 15) is 0 Å². The topological polar surface area (TPSA) is 49.0 Å². The van der Waals surface area contributed by atoms with Gasteiger partial charge in [-0.05, 0) is 40.1 Å². The molecule has 29 heavy (non-hydrogen) atoms. The van der Waals surface area contributed by atoms with Crippen molar-refractivity contribution in [3.8, 4) is 11.1 Å². The highest BCUT2D eigenvalue weighted by molar-refractivity contribution is 6.16. The number of para-hydroxylation sites is 1. The molecular weight excluding hydrogens is 356 g/mol. The summed E-state index contributed by atoms with van der Waals surface area (Å²) in [5.74, 6) is 0.562. The van der Waals surface area contributed by atoms with Crippen LogP contribution in [0, 0.1) is 5.41 Å². The first kappa shape index (κ1) is 17.3. The Balaban J connectivity index is 1.50. The Morgan fingerprint density at radius 1 is 0.759 bits per heavy atom. The molecule has 5 aromatic rings. The van der Waals surface area contributed by atoms with Gasteiger partial charge in [0, 0.05) is 18.0 Å². The Hall–Kier alpha value is -3.85. The van der Waals surface area contributed by atoms with E-state index in [1.807, 2.05) is 43.4 Å². The van der Waals surface area contributed by atoms with Gasteiger partial charge in [-0.3, -0.25) is 5.41 Å². The number of fused-ring (bicyclic) bond motifs is 2. The first-order valence-electron chi connectivity index (χ1n) is 9.62. The van der Waals surface area contributed by atoms with E-state index < -0.39 is 0 Å². The summed E-state index contributed by atoms with van der Waals surface area (Å²) >= 11 is 0. The molecule has 4 aromatic carbocycles. The fraction of sp³-hybridized carbons (Fsp3) is 0.0385. The van der Waals surface area contributed by atoms with Crippen LogP contribution < -0.4 is 5.32 Å². The quantitative estimate of drug-likeness (QED) is 0.342. The minimum atomic E-state index is 0.371. The van der Waals surface area contributed by atoms with Crippen LogP contribution in [0.15, 0.2) is 95.4 Å². The van der Waals surface area contributed by atoms with Crippen molar-refractivity contribution in [1.29, 1.82) is 5.41 Å². The second kappa shape index (κ2) is 6.95. The van der Waals surface area contributed by atoms with Gasteiger partial charge in [-0.2, -0.15) is 0 Å². The molecule has 0 fully saturated rings. The van der Waals surface area contributed by atoms with Crippen molar-refractivity contribution in [2.24, 2.45) is 0 Å². The molecule has 0 radical (unpaired) electrons. The summed E-state index contributed by atoms with van der Waals surface area (Å²) in [6, 6.07) is 30.8. The maximum absolute atomic E-state index is 8.70. The third-order valence-electron chi connectivity index (χ3n) is 5.33. The number of furan rings is 1. The molecule has 0 aliphatic heterocycles. The first-order chi connectivity index (χ1) is 14.2. The van der Waals surface area contributed by atoms with Gasteiger partial charge in [0.05, 0.1) is 5.69 Å². The van der Waals surface area contributed by atoms with E-state index in [0.717, 1.165) is 27.8 Å². The monoisotopic (exact) mass is 376 g/mol. The molecule has 0 saturated heterocycles. The average Bonchev–Trinajstić information content (AvgIpc) is 3.17. The zero-order valence-corrected chi connectivity index (χ0v) is 16.1. The van der Waals surface area contributed by atoms with Crippen LogP contribution in [0.3, 0.4) is 0 Å². The molecule has 0 aliphatic carbocycles. The summed E-state index contributed by atoms with van der Waals surface area (Å²) in [6.45, 7) is 0. The summed E-state index contributed by atoms with van der Waals surface area (Å²) < 4.78 is 5.98. The molecule has 3 nitrogen and oxygen atoms in total. The zero-order valence-electron chi connectivity index (χ0n) is 16.1. The Morgan fingerprint density at radius 2 is 1.45 bits per heavy atom. The lowest BCUT2D eigenvalue weighted by molar-refractivity contribution is 0.606. The maximum atomic E-state index is 8.70. The van der Waals surface area contributed by atoms with Crippen LogP contribution in [0.2, 0.25) is 0 Å². The highest BCUT2D eigenvalue weighted by atomic mass is 16.3. The molecule has 0 amide bonds. The fourth-order valence-corrected chi connectivity index (χ4v) is 3.80. The average molecular weight is 376 g/mol. The van der Waals surface area contributed by atoms with E-state index >= 15 is 0 Å². The minimum absolute atomic E-state index is 0.371. The van der Waals surface area contributed by atoms with Crippen molar-refractivity contribution in [3.05, 3.63) is 102 Å². The predicted molar refractivity (Wildman–Crippen MR) is 121 cm³/mol. The number of anilines is 1. The molecule has 0 aliphatic rings. The molecule has 2 N–H and O–H groups in total. The molecule has 140 valence electrons. The van der Waals surface area contributed by atoms with Crippen LogP contribution in [-0.2, 0) is 0 Å². The third kappa shape index (κ3) is 2.97. The van der Waals surface area contributed by atoms with E-state index in [1.165, 1.54) is 16.3 Å². The smallest absolute Gasteiger partial charge is 0.176 e. The Bertz CT molecular complexity index is 1350. The normalized spacial score (nSPS) is 11.1. The van der Waals surface area contributed by atoms with Crippen LogP contribution in [0.5, 0.6) is 0 Å². The van der Waals surface area contributed by atoms with Crippen molar-refractivity contribution >= 4 is 33.1 Å². The van der Waals surface area contributed by atoms with Crippen molar-refractivity contribution in [2.75, 3.05) is 12.4 Å². The molecular formula is C26H20N2O. The van der Waals surface area contributed by atoms with Crippen LogP contribution in [0.1, 0.15) is 11.3 Å². The Labute approximate surface area is 169 Å². The number of hydrogen-bond donors (Lipinski definition) is 2. The molecule has 0 bridgehead atoms. The maximum Gasteiger partial charge on any atom is 0.176 e. The second-order valence-corrected chi connectivity index (χ2v) is 7.07. The van der Waals surface area contributed by atoms with Gasteiger partial charge in [0.25, 0.3) is 0 Å². The van der Waals surface area contributed by atoms with Crippen molar-refractivity contribution in [1.82, 2.24) is 0 Å². The highest BCUT2D eigenvalue weighted by Crippen LogP contribution is 2.32. The first-order valence-corrected chi connectivity index (χ1v) is 9.62. The predicted octanol–water partition coefficient (Wildman–Crippen LogP) is 6.71. The molecule has 5 rings (SSSR count). The fourth-order valence-electron chi connectivity index (χ4n) is 3.80. The van der Waals surface area contributed by atoms with E-state index in [0.29, 0.717) is 11.5 Å². The molecule has 3 heteroatoms. The van der Waals surface area contributed by atoms with Gasteiger partial charge in [0.1, 0.15) is 11.3 Å². The lowest BCUT2D eigenvalue weighted by Crippen LogP contribution is -2.03. The van der Waals surface area contributed by atoms with Crippen LogP contribution in [0.25, 0.3) is 32.9 Å². The van der Waals surface area contributed by atoms with E-state index in [2.05, 4.69) is 59.9 Å². The van der Waals surface area contributed by atoms with E-state index in [4.69, 9.17) is 9.83 Å². The second-order valence-electron chi connectivity index (χ2n) is 7.07. The van der Waals surface area contributed by atoms with Crippen molar-refractivity contribution in [2.45, 2.75) is 0 Å². The summed E-state index contributed by atoms with van der Waals surface area (Å²) in [6.07, 6.45) is 0. The SMILES string of the molecule is CNc1c(C(=N)c2ccc(-c3ccc4ccccc4c3)cc2)oc2ccccc12. The number of nitrogens with one attached hydrogen (secondary N) is 2. The number of rotatable bonds is 4. The van der Waals surface area contributed by atoms with Gasteiger partial charge >= 0.3 is 0 Å². The van der Waals surface area contributed by atoms with Crippen molar-refractivity contribution in [3.63, 3.8) is 0 Å². The molecule has 1 heterocycles. The molecule has 0 saturated carbocycles. The standard InChI is InChI=1S/C26H20N2O/c1-28-25-22-8-4-5-9-23(22)29-26(25)24(27)19-13-10-18(11-14-19)21-15-12-17-6-2-3-7-20(17)16-21/h2-16,27-28H,1H3. The van der Waals surface area contributed by atoms with E-state index in [-0.39, 0.29) is 0 Å². The van der Waals surface area contributed by atoms with Crippen LogP contribution >= 0.6 is 0 Å². The van der Waals surface area contributed by atoms with Gasteiger partial charge in [0.2, 0.25) is 0 Å². The van der Waals surface area contributed by atoms with Gasteiger partial charge in [0.15, 0.2) is 5.76 Å². The summed E-state index contributed by atoms with van der Waals surface area (Å²) in [5.41, 5.74) is 5.13. The van der Waals surface area contributed by atoms with Gasteiger partial charge in [-0.15, -0.1) is 0 Å². The van der Waals surface area contributed by atoms with Crippen molar-refractivity contribution < 1.29 is 4.42 Å². The molecule has 0 spiro atoms. The highest BCUT2D eigenvalue weighted by Gasteiger charge is 2.18. The number of hydrogen-bond acceptors (Lipinski definition) is 3. The van der Waals surface area contributed by atoms with E-state index in [1.54, 1.807) is 0 Å². The van der Waals surface area contributed by atoms with Crippen LogP contribution in [0.4, 0.5) is 5.69 Å². The molecule has 0 unspecified atom stereocenters.